The molecule has 0 spiro atoms. The molecule has 0 saturated carbocycles. The van der Waals surface area contributed by atoms with Crippen molar-refractivity contribution in [3.05, 3.63) is 29.8 Å². The lowest BCUT2D eigenvalue weighted by atomic mass is 10.2. The van der Waals surface area contributed by atoms with Gasteiger partial charge in [-0.05, 0) is 24.1 Å². The fourth-order valence-electron chi connectivity index (χ4n) is 2.39. The minimum Gasteiger partial charge on any atom is -0.383 e. The van der Waals surface area contributed by atoms with E-state index in [9.17, 15) is 0 Å². The van der Waals surface area contributed by atoms with E-state index in [-0.39, 0.29) is 0 Å². The predicted octanol–water partition coefficient (Wildman–Crippen LogP) is 1.65. The zero-order valence-corrected chi connectivity index (χ0v) is 11.9. The summed E-state index contributed by atoms with van der Waals surface area (Å²) in [6, 6.07) is 8.78. The fraction of sp³-hybridized carbons (Fsp3) is 0.600. The van der Waals surface area contributed by atoms with Gasteiger partial charge in [0.1, 0.15) is 0 Å². The Hall–Kier alpha value is -1.10. The van der Waals surface area contributed by atoms with Gasteiger partial charge in [0.25, 0.3) is 0 Å². The van der Waals surface area contributed by atoms with Gasteiger partial charge < -0.3 is 19.7 Å². The Morgan fingerprint density at radius 3 is 2.68 bits per heavy atom. The van der Waals surface area contributed by atoms with Crippen LogP contribution in [0.2, 0.25) is 0 Å². The summed E-state index contributed by atoms with van der Waals surface area (Å²) in [5.41, 5.74) is 2.60. The molecule has 19 heavy (non-hydrogen) atoms. The molecule has 0 bridgehead atoms. The monoisotopic (exact) mass is 264 g/mol. The Kier molecular flexibility index (Phi) is 5.63. The second-order valence-corrected chi connectivity index (χ2v) is 4.93. The standard InChI is InChI=1S/C15H24N2O2/c1-18-10-8-16-11-13-3-5-14(6-4-13)17-9-7-15(12-17)19-2/h3-6,15-16H,7-12H2,1-2H3. The van der Waals surface area contributed by atoms with Crippen molar-refractivity contribution < 1.29 is 9.47 Å². The fourth-order valence-corrected chi connectivity index (χ4v) is 2.39. The molecule has 0 aliphatic carbocycles. The van der Waals surface area contributed by atoms with Crippen molar-refractivity contribution in [2.75, 3.05) is 45.4 Å². The van der Waals surface area contributed by atoms with E-state index in [0.29, 0.717) is 6.10 Å². The van der Waals surface area contributed by atoms with Gasteiger partial charge in [-0.3, -0.25) is 0 Å². The molecule has 0 amide bonds. The molecule has 106 valence electrons. The van der Waals surface area contributed by atoms with Gasteiger partial charge in [-0.1, -0.05) is 12.1 Å². The van der Waals surface area contributed by atoms with Crippen molar-refractivity contribution in [1.82, 2.24) is 5.32 Å². The number of nitrogens with one attached hydrogen (secondary N) is 1. The topological polar surface area (TPSA) is 33.7 Å². The first-order valence-corrected chi connectivity index (χ1v) is 6.90. The maximum absolute atomic E-state index is 5.40. The number of ether oxygens (including phenoxy) is 2. The lowest BCUT2D eigenvalue weighted by molar-refractivity contribution is 0.121. The van der Waals surface area contributed by atoms with E-state index < -0.39 is 0 Å². The Balaban J connectivity index is 1.81. The van der Waals surface area contributed by atoms with Crippen LogP contribution in [-0.4, -0.2) is 46.6 Å². The second-order valence-electron chi connectivity index (χ2n) is 4.93. The van der Waals surface area contributed by atoms with E-state index >= 15 is 0 Å². The largest absolute Gasteiger partial charge is 0.383 e. The van der Waals surface area contributed by atoms with Crippen molar-refractivity contribution in [3.63, 3.8) is 0 Å². The number of benzene rings is 1. The maximum Gasteiger partial charge on any atom is 0.0762 e. The van der Waals surface area contributed by atoms with Crippen LogP contribution in [0, 0.1) is 0 Å². The molecule has 4 heteroatoms. The molecule has 1 N–H and O–H groups in total. The second kappa shape index (κ2) is 7.48. The summed E-state index contributed by atoms with van der Waals surface area (Å²) < 4.78 is 10.4. The summed E-state index contributed by atoms with van der Waals surface area (Å²) in [5.74, 6) is 0. The zero-order valence-electron chi connectivity index (χ0n) is 11.9. The average Bonchev–Trinajstić information content (AvgIpc) is 2.93. The highest BCUT2D eigenvalue weighted by Gasteiger charge is 2.21. The molecule has 0 aromatic heterocycles. The minimum absolute atomic E-state index is 0.385. The van der Waals surface area contributed by atoms with Crippen molar-refractivity contribution in [3.8, 4) is 0 Å². The third-order valence-corrected chi connectivity index (χ3v) is 3.59. The summed E-state index contributed by atoms with van der Waals surface area (Å²) in [6.07, 6.45) is 1.51. The first kappa shape index (κ1) is 14.3. The van der Waals surface area contributed by atoms with Crippen LogP contribution in [0.25, 0.3) is 0 Å². The lowest BCUT2D eigenvalue weighted by Crippen LogP contribution is -2.22. The SMILES string of the molecule is COCCNCc1ccc(N2CCC(OC)C2)cc1. The number of hydrogen-bond acceptors (Lipinski definition) is 4. The first-order valence-electron chi connectivity index (χ1n) is 6.90. The smallest absolute Gasteiger partial charge is 0.0762 e. The van der Waals surface area contributed by atoms with Gasteiger partial charge in [0, 0.05) is 46.1 Å². The van der Waals surface area contributed by atoms with E-state index in [2.05, 4.69) is 34.5 Å². The quantitative estimate of drug-likeness (QED) is 0.759. The summed E-state index contributed by atoms with van der Waals surface area (Å²) in [7, 11) is 3.52. The highest BCUT2D eigenvalue weighted by atomic mass is 16.5. The third-order valence-electron chi connectivity index (χ3n) is 3.59. The lowest BCUT2D eigenvalue weighted by Gasteiger charge is -2.18. The number of nitrogens with zero attached hydrogens (tertiary/aromatic N) is 1. The number of anilines is 1. The third kappa shape index (κ3) is 4.20. The van der Waals surface area contributed by atoms with Crippen molar-refractivity contribution in [2.24, 2.45) is 0 Å². The minimum atomic E-state index is 0.385. The molecule has 4 nitrogen and oxygen atoms in total. The normalized spacial score (nSPS) is 19.1. The molecule has 1 aromatic rings. The van der Waals surface area contributed by atoms with E-state index in [1.165, 1.54) is 11.3 Å². The van der Waals surface area contributed by atoms with Gasteiger partial charge in [0.05, 0.1) is 12.7 Å². The maximum atomic E-state index is 5.40. The Labute approximate surface area is 115 Å². The Morgan fingerprint density at radius 1 is 1.26 bits per heavy atom. The van der Waals surface area contributed by atoms with Gasteiger partial charge in [0.2, 0.25) is 0 Å². The van der Waals surface area contributed by atoms with E-state index in [1.807, 2.05) is 0 Å². The van der Waals surface area contributed by atoms with Crippen LogP contribution in [0.1, 0.15) is 12.0 Å². The van der Waals surface area contributed by atoms with E-state index in [0.717, 1.165) is 39.2 Å². The van der Waals surface area contributed by atoms with Crippen molar-refractivity contribution in [1.29, 1.82) is 0 Å². The van der Waals surface area contributed by atoms with Crippen LogP contribution in [0.5, 0.6) is 0 Å². The van der Waals surface area contributed by atoms with Gasteiger partial charge in [-0.2, -0.15) is 0 Å². The predicted molar refractivity (Wildman–Crippen MR) is 77.7 cm³/mol. The van der Waals surface area contributed by atoms with Crippen LogP contribution >= 0.6 is 0 Å². The summed E-state index contributed by atoms with van der Waals surface area (Å²) in [5, 5.41) is 3.35. The number of hydrogen-bond donors (Lipinski definition) is 1. The number of methoxy groups -OCH3 is 2. The highest BCUT2D eigenvalue weighted by molar-refractivity contribution is 5.48. The molecule has 1 fully saturated rings. The molecular formula is C15H24N2O2. The van der Waals surface area contributed by atoms with E-state index in [4.69, 9.17) is 9.47 Å². The molecule has 1 aliphatic heterocycles. The molecule has 1 heterocycles. The molecule has 1 saturated heterocycles. The van der Waals surface area contributed by atoms with Gasteiger partial charge in [-0.25, -0.2) is 0 Å². The zero-order chi connectivity index (χ0) is 13.5. The van der Waals surface area contributed by atoms with Gasteiger partial charge in [-0.15, -0.1) is 0 Å². The molecule has 1 atom stereocenters. The summed E-state index contributed by atoms with van der Waals surface area (Å²) in [6.45, 7) is 4.63. The average molecular weight is 264 g/mol. The molecular weight excluding hydrogens is 240 g/mol. The Bertz CT molecular complexity index is 367. The van der Waals surface area contributed by atoms with Gasteiger partial charge in [0.15, 0.2) is 0 Å². The van der Waals surface area contributed by atoms with Crippen LogP contribution in [-0.2, 0) is 16.0 Å². The van der Waals surface area contributed by atoms with Crippen LogP contribution in [0.3, 0.4) is 0 Å². The number of rotatable bonds is 7. The molecule has 0 radical (unpaired) electrons. The van der Waals surface area contributed by atoms with Crippen LogP contribution in [0.15, 0.2) is 24.3 Å². The van der Waals surface area contributed by atoms with Crippen LogP contribution in [0.4, 0.5) is 5.69 Å². The van der Waals surface area contributed by atoms with Crippen molar-refractivity contribution >= 4 is 5.69 Å². The highest BCUT2D eigenvalue weighted by Crippen LogP contribution is 2.21. The summed E-state index contributed by atoms with van der Waals surface area (Å²) in [4.78, 5) is 2.39. The van der Waals surface area contributed by atoms with Crippen molar-refractivity contribution in [2.45, 2.75) is 19.1 Å². The molecule has 1 aliphatic rings. The van der Waals surface area contributed by atoms with E-state index in [1.54, 1.807) is 14.2 Å². The van der Waals surface area contributed by atoms with Crippen LogP contribution < -0.4 is 10.2 Å². The summed E-state index contributed by atoms with van der Waals surface area (Å²) >= 11 is 0. The molecule has 1 unspecified atom stereocenters. The van der Waals surface area contributed by atoms with Gasteiger partial charge >= 0.3 is 0 Å². The molecule has 1 aromatic carbocycles. The molecule has 2 rings (SSSR count). The first-order chi connectivity index (χ1) is 9.33. The Morgan fingerprint density at radius 2 is 2.05 bits per heavy atom.